The Morgan fingerprint density at radius 2 is 1.63 bits per heavy atom. The second-order valence-electron chi connectivity index (χ2n) is 8.46. The van der Waals surface area contributed by atoms with Crippen molar-refractivity contribution in [2.45, 2.75) is 58.3 Å². The average molecular weight is 496 g/mol. The van der Waals surface area contributed by atoms with Crippen molar-refractivity contribution in [2.24, 2.45) is 0 Å². The third-order valence-electron chi connectivity index (χ3n) is 4.86. The van der Waals surface area contributed by atoms with E-state index in [1.54, 1.807) is 19.4 Å². The number of benzene rings is 2. The Morgan fingerprint density at radius 3 is 2.14 bits per heavy atom. The molecule has 0 bridgehead atoms. The number of hydrogen-bond acceptors (Lipinski definition) is 5. The molecule has 0 aliphatic carbocycles. The minimum Gasteiger partial charge on any atom is -0.497 e. The quantitative estimate of drug-likeness (QED) is 0.334. The topological polar surface area (TPSA) is 63.2 Å². The zero-order valence-electron chi connectivity index (χ0n) is 22.4. The number of carbonyl (C=O) groups excluding carboxylic acids is 1. The van der Waals surface area contributed by atoms with E-state index in [4.69, 9.17) is 4.74 Å². The van der Waals surface area contributed by atoms with Gasteiger partial charge in [0.1, 0.15) is 11.6 Å². The lowest BCUT2D eigenvalue weighted by Crippen LogP contribution is -2.15. The number of anilines is 2. The Labute approximate surface area is 216 Å². The normalized spacial score (nSPS) is 10.2. The maximum atomic E-state index is 12.2. The number of carbonyl (C=O) groups is 1. The van der Waals surface area contributed by atoms with Gasteiger partial charge in [0, 0.05) is 29.9 Å². The molecule has 3 aromatic rings. The first-order valence-electron chi connectivity index (χ1n) is 12.0. The maximum Gasteiger partial charge on any atom is 0.228 e. The minimum absolute atomic E-state index is 0.0180. The highest BCUT2D eigenvalue weighted by molar-refractivity contribution is 7.99. The van der Waals surface area contributed by atoms with Crippen LogP contribution in [0.15, 0.2) is 71.8 Å². The van der Waals surface area contributed by atoms with Crippen LogP contribution in [0.5, 0.6) is 5.75 Å². The summed E-state index contributed by atoms with van der Waals surface area (Å²) in [5.74, 6) is 2.72. The number of hydrogen-bond donors (Lipinski definition) is 2. The van der Waals surface area contributed by atoms with Gasteiger partial charge >= 0.3 is 0 Å². The van der Waals surface area contributed by atoms with Gasteiger partial charge in [-0.2, -0.15) is 0 Å². The van der Waals surface area contributed by atoms with Crippen LogP contribution in [0, 0.1) is 0 Å². The van der Waals surface area contributed by atoms with Gasteiger partial charge in [-0.25, -0.2) is 4.98 Å². The van der Waals surface area contributed by atoms with Crippen LogP contribution in [-0.4, -0.2) is 30.8 Å². The molecule has 0 aliphatic heterocycles. The zero-order chi connectivity index (χ0) is 26.3. The first-order chi connectivity index (χ1) is 16.7. The molecule has 5 nitrogen and oxygen atoms in total. The Kier molecular flexibility index (Phi) is 13.6. The molecule has 2 aromatic carbocycles. The zero-order valence-corrected chi connectivity index (χ0v) is 23.3. The van der Waals surface area contributed by atoms with E-state index >= 15 is 0 Å². The van der Waals surface area contributed by atoms with E-state index in [9.17, 15) is 4.79 Å². The van der Waals surface area contributed by atoms with E-state index in [1.807, 2.05) is 63.0 Å². The molecule has 35 heavy (non-hydrogen) atoms. The second kappa shape index (κ2) is 15.8. The van der Waals surface area contributed by atoms with Crippen LogP contribution < -0.4 is 15.4 Å². The summed E-state index contributed by atoms with van der Waals surface area (Å²) in [5.41, 5.74) is 3.27. The SMILES string of the molecule is CC.CCSc1ccc(CC(=O)Nc2ccc(C(C)(C)C)cc2)cc1.CNc1cc(OC)ccn1. The fourth-order valence-corrected chi connectivity index (χ4v) is 3.65. The van der Waals surface area contributed by atoms with Crippen molar-refractivity contribution in [1.29, 1.82) is 0 Å². The largest absolute Gasteiger partial charge is 0.497 e. The smallest absolute Gasteiger partial charge is 0.228 e. The summed E-state index contributed by atoms with van der Waals surface area (Å²) in [4.78, 5) is 17.4. The molecule has 6 heteroatoms. The van der Waals surface area contributed by atoms with Gasteiger partial charge in [0.15, 0.2) is 0 Å². The Morgan fingerprint density at radius 1 is 1.00 bits per heavy atom. The minimum atomic E-state index is 0.0180. The maximum absolute atomic E-state index is 12.2. The third-order valence-corrected chi connectivity index (χ3v) is 5.75. The van der Waals surface area contributed by atoms with Crippen molar-refractivity contribution < 1.29 is 9.53 Å². The molecule has 0 fully saturated rings. The van der Waals surface area contributed by atoms with Gasteiger partial charge in [-0.3, -0.25) is 4.79 Å². The van der Waals surface area contributed by atoms with Crippen molar-refractivity contribution in [3.05, 3.63) is 78.0 Å². The van der Waals surface area contributed by atoms with E-state index in [2.05, 4.69) is 67.6 Å². The summed E-state index contributed by atoms with van der Waals surface area (Å²) in [7, 11) is 3.45. The molecule has 0 spiro atoms. The molecule has 1 heterocycles. The second-order valence-corrected chi connectivity index (χ2v) is 9.80. The molecule has 1 aromatic heterocycles. The molecular weight excluding hydrogens is 454 g/mol. The highest BCUT2D eigenvalue weighted by Crippen LogP contribution is 2.23. The van der Waals surface area contributed by atoms with Crippen molar-refractivity contribution in [3.8, 4) is 5.75 Å². The fourth-order valence-electron chi connectivity index (χ4n) is 2.99. The predicted molar refractivity (Wildman–Crippen MR) is 152 cm³/mol. The van der Waals surface area contributed by atoms with Gasteiger partial charge < -0.3 is 15.4 Å². The summed E-state index contributed by atoms with van der Waals surface area (Å²) in [6.07, 6.45) is 2.10. The van der Waals surface area contributed by atoms with Crippen molar-refractivity contribution in [3.63, 3.8) is 0 Å². The number of methoxy groups -OCH3 is 1. The molecular formula is C29H41N3O2S. The number of ether oxygens (including phenoxy) is 1. The highest BCUT2D eigenvalue weighted by Gasteiger charge is 2.13. The van der Waals surface area contributed by atoms with E-state index in [0.717, 1.165) is 28.6 Å². The molecule has 1 amide bonds. The summed E-state index contributed by atoms with van der Waals surface area (Å²) >= 11 is 1.81. The number of nitrogens with zero attached hydrogens (tertiary/aromatic N) is 1. The van der Waals surface area contributed by atoms with Crippen molar-refractivity contribution >= 4 is 29.2 Å². The van der Waals surface area contributed by atoms with Crippen LogP contribution in [0.4, 0.5) is 11.5 Å². The molecule has 0 saturated heterocycles. The summed E-state index contributed by atoms with van der Waals surface area (Å²) in [6, 6.07) is 19.9. The first-order valence-corrected chi connectivity index (χ1v) is 13.0. The number of thioether (sulfide) groups is 1. The third kappa shape index (κ3) is 11.3. The number of rotatable bonds is 7. The summed E-state index contributed by atoms with van der Waals surface area (Å²) in [6.45, 7) is 12.7. The molecule has 0 atom stereocenters. The molecule has 190 valence electrons. The van der Waals surface area contributed by atoms with Gasteiger partial charge in [-0.05, 0) is 52.6 Å². The Hall–Kier alpha value is -2.99. The average Bonchev–Trinajstić information content (AvgIpc) is 2.87. The monoisotopic (exact) mass is 495 g/mol. The van der Waals surface area contributed by atoms with Gasteiger partial charge in [-0.15, -0.1) is 11.8 Å². The van der Waals surface area contributed by atoms with Gasteiger partial charge in [-0.1, -0.05) is 65.8 Å². The van der Waals surface area contributed by atoms with Crippen LogP contribution in [0.2, 0.25) is 0 Å². The standard InChI is InChI=1S/C20H25NOS.C7H10N2O.C2H6/c1-5-23-18-12-6-15(7-13-18)14-19(22)21-17-10-8-16(9-11-17)20(2,3)4;1-8-7-5-6(10-2)3-4-9-7;1-2/h6-13H,5,14H2,1-4H3,(H,21,22);3-5H,1-2H3,(H,8,9);1-2H3. The number of nitrogens with one attached hydrogen (secondary N) is 2. The fraction of sp³-hybridized carbons (Fsp3) is 0.379. The molecule has 2 N–H and O–H groups in total. The lowest BCUT2D eigenvalue weighted by atomic mass is 9.87. The van der Waals surface area contributed by atoms with Crippen LogP contribution >= 0.6 is 11.8 Å². The van der Waals surface area contributed by atoms with E-state index in [-0.39, 0.29) is 11.3 Å². The first kappa shape index (κ1) is 30.0. The van der Waals surface area contributed by atoms with E-state index in [1.165, 1.54) is 10.5 Å². The van der Waals surface area contributed by atoms with Gasteiger partial charge in [0.25, 0.3) is 0 Å². The lowest BCUT2D eigenvalue weighted by molar-refractivity contribution is -0.115. The van der Waals surface area contributed by atoms with Crippen LogP contribution in [-0.2, 0) is 16.6 Å². The van der Waals surface area contributed by atoms with E-state index < -0.39 is 0 Å². The lowest BCUT2D eigenvalue weighted by Gasteiger charge is -2.19. The highest BCUT2D eigenvalue weighted by atomic mass is 32.2. The van der Waals surface area contributed by atoms with Crippen molar-refractivity contribution in [1.82, 2.24) is 4.98 Å². The molecule has 0 unspecified atom stereocenters. The molecule has 3 rings (SSSR count). The summed E-state index contributed by atoms with van der Waals surface area (Å²) < 4.78 is 4.98. The van der Waals surface area contributed by atoms with Crippen LogP contribution in [0.3, 0.4) is 0 Å². The Bertz CT molecular complexity index is 978. The molecule has 0 radical (unpaired) electrons. The Balaban J connectivity index is 0.000000425. The summed E-state index contributed by atoms with van der Waals surface area (Å²) in [5, 5.41) is 5.88. The van der Waals surface area contributed by atoms with Crippen LogP contribution in [0.1, 0.15) is 52.7 Å². The van der Waals surface area contributed by atoms with E-state index in [0.29, 0.717) is 6.42 Å². The molecule has 0 saturated carbocycles. The number of aromatic nitrogens is 1. The van der Waals surface area contributed by atoms with Crippen molar-refractivity contribution in [2.75, 3.05) is 30.5 Å². The number of pyridine rings is 1. The van der Waals surface area contributed by atoms with Crippen LogP contribution in [0.25, 0.3) is 0 Å². The number of amides is 1. The van der Waals surface area contributed by atoms with Gasteiger partial charge in [0.05, 0.1) is 13.5 Å². The predicted octanol–water partition coefficient (Wildman–Crippen LogP) is 7.44. The molecule has 0 aliphatic rings. The van der Waals surface area contributed by atoms with Gasteiger partial charge in [0.2, 0.25) is 5.91 Å².